The molecule has 2 saturated heterocycles. The maximum absolute atomic E-state index is 15.0. The van der Waals surface area contributed by atoms with Crippen molar-refractivity contribution in [2.75, 3.05) is 39.4 Å². The van der Waals surface area contributed by atoms with Gasteiger partial charge in [-0.1, -0.05) is 18.2 Å². The number of hydrogen-bond donors (Lipinski definition) is 3. The van der Waals surface area contributed by atoms with Gasteiger partial charge in [-0.3, -0.25) is 14.7 Å². The van der Waals surface area contributed by atoms with E-state index < -0.39 is 17.8 Å². The number of amides is 1. The summed E-state index contributed by atoms with van der Waals surface area (Å²) in [7, 11) is 0. The molecular weight excluding hydrogens is 387 g/mol. The van der Waals surface area contributed by atoms with Gasteiger partial charge < -0.3 is 20.9 Å². The van der Waals surface area contributed by atoms with Crippen molar-refractivity contribution in [1.82, 2.24) is 15.2 Å². The van der Waals surface area contributed by atoms with E-state index in [2.05, 4.69) is 10.3 Å². The highest BCUT2D eigenvalue weighted by Gasteiger charge is 2.41. The molecule has 4 N–H and O–H groups in total. The Bertz CT molecular complexity index is 892. The Hall–Kier alpha value is -2.13. The number of aliphatic hydroxyl groups excluding tert-OH is 1. The first-order chi connectivity index (χ1) is 14.5. The number of ether oxygens (including phenoxy) is 1. The number of rotatable bonds is 5. The summed E-state index contributed by atoms with van der Waals surface area (Å²) >= 11 is 0. The third-order valence-electron chi connectivity index (χ3n) is 6.35. The number of halogens is 1. The highest BCUT2D eigenvalue weighted by Crippen LogP contribution is 2.26. The number of aliphatic hydroxyl groups is 1. The first kappa shape index (κ1) is 21.1. The molecule has 2 aliphatic heterocycles. The molecule has 7 nitrogen and oxygen atoms in total. The normalized spacial score (nSPS) is 30.3. The van der Waals surface area contributed by atoms with Crippen LogP contribution in [0.2, 0.25) is 0 Å². The standard InChI is InChI=1S/C22H29FN4O3/c23-19-12-27(11-16-6-10-30-13-18(16)28)9-7-22(19,24)14-26-21(29)17-5-1-3-15-4-2-8-25-20(15)17/h1-5,8,16,18-19,28H,6-7,9-14,24H2,(H,26,29). The van der Waals surface area contributed by atoms with E-state index in [1.165, 1.54) is 0 Å². The van der Waals surface area contributed by atoms with Gasteiger partial charge in [-0.05, 0) is 25.0 Å². The van der Waals surface area contributed by atoms with E-state index in [0.717, 1.165) is 11.8 Å². The number of pyridine rings is 1. The number of carbonyl (C=O) groups excluding carboxylic acids is 1. The molecule has 1 aromatic heterocycles. The Balaban J connectivity index is 1.35. The Morgan fingerprint density at radius 2 is 2.23 bits per heavy atom. The Morgan fingerprint density at radius 3 is 3.03 bits per heavy atom. The lowest BCUT2D eigenvalue weighted by Crippen LogP contribution is -2.64. The van der Waals surface area contributed by atoms with E-state index in [4.69, 9.17) is 10.5 Å². The third kappa shape index (κ3) is 4.46. The molecule has 162 valence electrons. The number of likely N-dealkylation sites (tertiary alicyclic amines) is 1. The molecule has 0 bridgehead atoms. The summed E-state index contributed by atoms with van der Waals surface area (Å²) in [5, 5.41) is 13.8. The maximum atomic E-state index is 15.0. The lowest BCUT2D eigenvalue weighted by Gasteiger charge is -2.43. The van der Waals surface area contributed by atoms with Crippen LogP contribution in [0.1, 0.15) is 23.2 Å². The van der Waals surface area contributed by atoms with Crippen LogP contribution in [0.4, 0.5) is 4.39 Å². The second kappa shape index (κ2) is 8.93. The van der Waals surface area contributed by atoms with Crippen molar-refractivity contribution in [3.05, 3.63) is 42.1 Å². The van der Waals surface area contributed by atoms with Crippen LogP contribution in [-0.4, -0.2) is 78.1 Å². The fourth-order valence-corrected chi connectivity index (χ4v) is 4.33. The van der Waals surface area contributed by atoms with Gasteiger partial charge in [-0.15, -0.1) is 0 Å². The molecule has 2 aliphatic rings. The number of nitrogens with zero attached hydrogens (tertiary/aromatic N) is 2. The quantitative estimate of drug-likeness (QED) is 0.675. The van der Waals surface area contributed by atoms with Crippen molar-refractivity contribution in [1.29, 1.82) is 0 Å². The molecule has 8 heteroatoms. The molecule has 4 unspecified atom stereocenters. The van der Waals surface area contributed by atoms with Gasteiger partial charge in [-0.2, -0.15) is 0 Å². The smallest absolute Gasteiger partial charge is 0.253 e. The minimum absolute atomic E-state index is 0.0595. The van der Waals surface area contributed by atoms with Crippen LogP contribution in [0.5, 0.6) is 0 Å². The van der Waals surface area contributed by atoms with Crippen molar-refractivity contribution in [2.24, 2.45) is 11.7 Å². The van der Waals surface area contributed by atoms with Crippen LogP contribution < -0.4 is 11.1 Å². The molecule has 1 aromatic carbocycles. The molecule has 2 fully saturated rings. The molecule has 0 radical (unpaired) electrons. The average molecular weight is 416 g/mol. The number of fused-ring (bicyclic) bond motifs is 1. The molecule has 4 rings (SSSR count). The zero-order valence-electron chi connectivity index (χ0n) is 17.0. The molecular formula is C22H29FN4O3. The number of benzene rings is 1. The summed E-state index contributed by atoms with van der Waals surface area (Å²) in [6.07, 6.45) is 1.08. The fourth-order valence-electron chi connectivity index (χ4n) is 4.33. The summed E-state index contributed by atoms with van der Waals surface area (Å²) in [6.45, 7) is 2.50. The molecule has 2 aromatic rings. The van der Waals surface area contributed by atoms with Gasteiger partial charge in [0.25, 0.3) is 5.91 Å². The Labute approximate surface area is 175 Å². The second-order valence-corrected chi connectivity index (χ2v) is 8.46. The summed E-state index contributed by atoms with van der Waals surface area (Å²) < 4.78 is 20.3. The topological polar surface area (TPSA) is 101 Å². The van der Waals surface area contributed by atoms with Crippen molar-refractivity contribution < 1.29 is 19.0 Å². The van der Waals surface area contributed by atoms with Crippen molar-refractivity contribution in [3.8, 4) is 0 Å². The number of carbonyl (C=O) groups is 1. The zero-order valence-corrected chi connectivity index (χ0v) is 17.0. The first-order valence-corrected chi connectivity index (χ1v) is 10.5. The number of aromatic nitrogens is 1. The van der Waals surface area contributed by atoms with E-state index in [9.17, 15) is 9.90 Å². The van der Waals surface area contributed by atoms with Crippen LogP contribution in [-0.2, 0) is 4.74 Å². The van der Waals surface area contributed by atoms with Gasteiger partial charge >= 0.3 is 0 Å². The number of para-hydroxylation sites is 1. The third-order valence-corrected chi connectivity index (χ3v) is 6.35. The van der Waals surface area contributed by atoms with Crippen molar-refractivity contribution >= 4 is 16.8 Å². The van der Waals surface area contributed by atoms with Crippen LogP contribution in [0.3, 0.4) is 0 Å². The predicted molar refractivity (Wildman–Crippen MR) is 112 cm³/mol. The van der Waals surface area contributed by atoms with Gasteiger partial charge in [0, 0.05) is 50.3 Å². The van der Waals surface area contributed by atoms with E-state index in [1.807, 2.05) is 23.1 Å². The largest absolute Gasteiger partial charge is 0.390 e. The minimum Gasteiger partial charge on any atom is -0.390 e. The van der Waals surface area contributed by atoms with E-state index >= 15 is 4.39 Å². The zero-order chi connectivity index (χ0) is 21.1. The molecule has 0 aliphatic carbocycles. The number of nitrogens with two attached hydrogens (primary N) is 1. The molecule has 0 saturated carbocycles. The summed E-state index contributed by atoms with van der Waals surface area (Å²) in [5.74, 6) is -0.209. The average Bonchev–Trinajstić information content (AvgIpc) is 2.76. The number of piperidine rings is 1. The van der Waals surface area contributed by atoms with Gasteiger partial charge in [0.05, 0.1) is 29.3 Å². The van der Waals surface area contributed by atoms with E-state index in [-0.39, 0.29) is 24.9 Å². The number of alkyl halides is 1. The fraction of sp³-hybridized carbons (Fsp3) is 0.545. The lowest BCUT2D eigenvalue weighted by atomic mass is 9.85. The molecule has 30 heavy (non-hydrogen) atoms. The molecule has 4 atom stereocenters. The maximum Gasteiger partial charge on any atom is 0.253 e. The van der Waals surface area contributed by atoms with Crippen LogP contribution in [0, 0.1) is 5.92 Å². The second-order valence-electron chi connectivity index (χ2n) is 8.46. The molecule has 3 heterocycles. The van der Waals surface area contributed by atoms with Crippen molar-refractivity contribution in [3.63, 3.8) is 0 Å². The Morgan fingerprint density at radius 1 is 1.40 bits per heavy atom. The van der Waals surface area contributed by atoms with Crippen LogP contribution in [0.25, 0.3) is 10.9 Å². The highest BCUT2D eigenvalue weighted by molar-refractivity contribution is 6.05. The van der Waals surface area contributed by atoms with Crippen LogP contribution in [0.15, 0.2) is 36.5 Å². The molecule has 0 spiro atoms. The summed E-state index contributed by atoms with van der Waals surface area (Å²) in [6, 6.07) is 9.12. The molecule has 1 amide bonds. The predicted octanol–water partition coefficient (Wildman–Crippen LogP) is 1.10. The number of nitrogens with one attached hydrogen (secondary N) is 1. The SMILES string of the molecule is NC1(CNC(=O)c2cccc3cccnc23)CCN(CC2CCOCC2O)CC1F. The van der Waals surface area contributed by atoms with Gasteiger partial charge in [0.2, 0.25) is 0 Å². The van der Waals surface area contributed by atoms with Crippen LogP contribution >= 0.6 is 0 Å². The van der Waals surface area contributed by atoms with Gasteiger partial charge in [0.15, 0.2) is 0 Å². The van der Waals surface area contributed by atoms with E-state index in [0.29, 0.717) is 43.8 Å². The Kier molecular flexibility index (Phi) is 6.29. The van der Waals surface area contributed by atoms with Gasteiger partial charge in [0.1, 0.15) is 6.17 Å². The highest BCUT2D eigenvalue weighted by atomic mass is 19.1. The minimum atomic E-state index is -1.27. The first-order valence-electron chi connectivity index (χ1n) is 10.5. The summed E-state index contributed by atoms with van der Waals surface area (Å²) in [5.41, 5.74) is 6.32. The van der Waals surface area contributed by atoms with Crippen molar-refractivity contribution in [2.45, 2.75) is 30.7 Å². The number of hydrogen-bond acceptors (Lipinski definition) is 6. The lowest BCUT2D eigenvalue weighted by molar-refractivity contribution is -0.0589. The van der Waals surface area contributed by atoms with E-state index in [1.54, 1.807) is 18.3 Å². The summed E-state index contributed by atoms with van der Waals surface area (Å²) in [4.78, 5) is 19.1. The van der Waals surface area contributed by atoms with Gasteiger partial charge in [-0.25, -0.2) is 4.39 Å². The monoisotopic (exact) mass is 416 g/mol.